The molecule has 0 spiro atoms. The van der Waals surface area contributed by atoms with Gasteiger partial charge in [-0.2, -0.15) is 0 Å². The van der Waals surface area contributed by atoms with Gasteiger partial charge in [0.25, 0.3) is 0 Å². The predicted molar refractivity (Wildman–Crippen MR) is 35.2 cm³/mol. The number of hydrogen-bond acceptors (Lipinski definition) is 0. The topological polar surface area (TPSA) is 0 Å². The van der Waals surface area contributed by atoms with Crippen molar-refractivity contribution >= 4 is 7.28 Å². The normalized spacial score (nSPS) is 40.9. The largest absolute Gasteiger partial charge is 0.126 e. The summed E-state index contributed by atoms with van der Waals surface area (Å²) in [5.74, 6) is 2.05. The maximum atomic E-state index is 2.35. The molecule has 2 unspecified atom stereocenters. The van der Waals surface area contributed by atoms with Crippen LogP contribution in [-0.2, 0) is 0 Å². The van der Waals surface area contributed by atoms with Crippen molar-refractivity contribution in [3.05, 3.63) is 0 Å². The van der Waals surface area contributed by atoms with Gasteiger partial charge in [0.1, 0.15) is 7.28 Å². The molecule has 1 aliphatic rings. The maximum absolute atomic E-state index is 2.35. The zero-order valence-corrected chi connectivity index (χ0v) is 5.28. The molecule has 1 aliphatic heterocycles. The average Bonchev–Trinajstić information content (AvgIpc) is 1.87. The van der Waals surface area contributed by atoms with Crippen LogP contribution in [0.5, 0.6) is 0 Å². The van der Waals surface area contributed by atoms with Crippen molar-refractivity contribution in [2.45, 2.75) is 38.3 Å². The second-order valence-electron chi connectivity index (χ2n) is 3.02. The van der Waals surface area contributed by atoms with Crippen LogP contribution in [0, 0.1) is 0 Å². The van der Waals surface area contributed by atoms with E-state index in [1.54, 1.807) is 0 Å². The first-order valence-electron chi connectivity index (χ1n) is 3.29. The lowest BCUT2D eigenvalue weighted by molar-refractivity contribution is 0.765. The van der Waals surface area contributed by atoms with Crippen molar-refractivity contribution in [3.63, 3.8) is 0 Å². The fourth-order valence-electron chi connectivity index (χ4n) is 1.49. The van der Waals surface area contributed by atoms with Gasteiger partial charge in [0.2, 0.25) is 0 Å². The summed E-state index contributed by atoms with van der Waals surface area (Å²) < 4.78 is 0. The van der Waals surface area contributed by atoms with Crippen molar-refractivity contribution in [1.82, 2.24) is 0 Å². The van der Waals surface area contributed by atoms with Gasteiger partial charge in [-0.3, -0.25) is 0 Å². The molecule has 0 saturated carbocycles. The third-order valence-corrected chi connectivity index (χ3v) is 1.96. The molecule has 0 bridgehead atoms. The first kappa shape index (κ1) is 5.21. The Bertz CT molecular complexity index is 53.2. The van der Waals surface area contributed by atoms with Crippen LogP contribution in [0.2, 0.25) is 11.6 Å². The minimum atomic E-state index is 1.02. The van der Waals surface area contributed by atoms with Crippen LogP contribution in [0.1, 0.15) is 26.7 Å². The molecule has 1 rings (SSSR count). The Morgan fingerprint density at radius 1 is 1.14 bits per heavy atom. The monoisotopic (exact) mass is 96.1 g/mol. The third-order valence-electron chi connectivity index (χ3n) is 1.96. The standard InChI is InChI=1S/C6H13B/c1-5-3-4-6(2)7-5/h5-7H,3-4H2,1-2H3. The molecule has 0 aromatic rings. The maximum Gasteiger partial charge on any atom is 0.126 e. The molecule has 0 N–H and O–H groups in total. The minimum Gasteiger partial charge on any atom is -0.0694 e. The van der Waals surface area contributed by atoms with E-state index in [1.165, 1.54) is 20.1 Å². The van der Waals surface area contributed by atoms with Crippen molar-refractivity contribution < 1.29 is 0 Å². The van der Waals surface area contributed by atoms with Gasteiger partial charge in [0.05, 0.1) is 0 Å². The first-order chi connectivity index (χ1) is 3.29. The van der Waals surface area contributed by atoms with Gasteiger partial charge in [-0.1, -0.05) is 38.3 Å². The summed E-state index contributed by atoms with van der Waals surface area (Å²) >= 11 is 0. The van der Waals surface area contributed by atoms with E-state index >= 15 is 0 Å². The fourth-order valence-corrected chi connectivity index (χ4v) is 1.49. The molecular formula is C6H13B. The Balaban J connectivity index is 2.26. The van der Waals surface area contributed by atoms with Gasteiger partial charge < -0.3 is 0 Å². The molecule has 0 aromatic carbocycles. The summed E-state index contributed by atoms with van der Waals surface area (Å²) in [7, 11) is 1.47. The third kappa shape index (κ3) is 1.22. The van der Waals surface area contributed by atoms with Crippen LogP contribution in [0.3, 0.4) is 0 Å². The van der Waals surface area contributed by atoms with Crippen molar-refractivity contribution in [2.75, 3.05) is 0 Å². The molecule has 0 nitrogen and oxygen atoms in total. The van der Waals surface area contributed by atoms with Crippen molar-refractivity contribution in [1.29, 1.82) is 0 Å². The van der Waals surface area contributed by atoms with E-state index in [0.29, 0.717) is 0 Å². The smallest absolute Gasteiger partial charge is 0.0694 e. The van der Waals surface area contributed by atoms with Crippen LogP contribution in [0.25, 0.3) is 0 Å². The van der Waals surface area contributed by atoms with Crippen molar-refractivity contribution in [2.24, 2.45) is 0 Å². The number of hydrogen-bond donors (Lipinski definition) is 0. The Morgan fingerprint density at radius 3 is 1.71 bits per heavy atom. The Kier molecular flexibility index (Phi) is 1.41. The molecule has 0 radical (unpaired) electrons. The van der Waals surface area contributed by atoms with Crippen LogP contribution < -0.4 is 0 Å². The molecule has 0 amide bonds. The van der Waals surface area contributed by atoms with Gasteiger partial charge in [0, 0.05) is 0 Å². The molecule has 1 fully saturated rings. The van der Waals surface area contributed by atoms with E-state index < -0.39 is 0 Å². The molecule has 0 aliphatic carbocycles. The van der Waals surface area contributed by atoms with Gasteiger partial charge >= 0.3 is 0 Å². The molecule has 7 heavy (non-hydrogen) atoms. The lowest BCUT2D eigenvalue weighted by atomic mass is 9.62. The highest BCUT2D eigenvalue weighted by molar-refractivity contribution is 6.40. The highest BCUT2D eigenvalue weighted by atomic mass is 14.1. The highest BCUT2D eigenvalue weighted by Gasteiger charge is 2.17. The highest BCUT2D eigenvalue weighted by Crippen LogP contribution is 2.30. The van der Waals surface area contributed by atoms with E-state index in [0.717, 1.165) is 11.6 Å². The summed E-state index contributed by atoms with van der Waals surface area (Å²) in [6.45, 7) is 4.70. The predicted octanol–water partition coefficient (Wildman–Crippen LogP) is 1.83. The van der Waals surface area contributed by atoms with Crippen LogP contribution in [0.15, 0.2) is 0 Å². The van der Waals surface area contributed by atoms with E-state index in [-0.39, 0.29) is 0 Å². The number of rotatable bonds is 0. The second-order valence-corrected chi connectivity index (χ2v) is 3.02. The first-order valence-corrected chi connectivity index (χ1v) is 3.29. The minimum absolute atomic E-state index is 1.02. The fraction of sp³-hybridized carbons (Fsp3) is 1.00. The molecule has 40 valence electrons. The second kappa shape index (κ2) is 1.89. The van der Waals surface area contributed by atoms with E-state index in [9.17, 15) is 0 Å². The zero-order valence-electron chi connectivity index (χ0n) is 5.28. The van der Waals surface area contributed by atoms with Gasteiger partial charge in [-0.05, 0) is 0 Å². The molecule has 2 atom stereocenters. The summed E-state index contributed by atoms with van der Waals surface area (Å²) in [5.41, 5.74) is 0. The summed E-state index contributed by atoms with van der Waals surface area (Å²) in [5, 5.41) is 0. The quantitative estimate of drug-likeness (QED) is 0.403. The molecular weight excluding hydrogens is 82.9 g/mol. The van der Waals surface area contributed by atoms with E-state index in [1.807, 2.05) is 0 Å². The molecule has 0 aromatic heterocycles. The van der Waals surface area contributed by atoms with Gasteiger partial charge in [-0.25, -0.2) is 0 Å². The van der Waals surface area contributed by atoms with Crippen LogP contribution in [0.4, 0.5) is 0 Å². The molecule has 1 heteroatoms. The van der Waals surface area contributed by atoms with Crippen molar-refractivity contribution in [3.8, 4) is 0 Å². The average molecular weight is 96.0 g/mol. The molecule has 1 saturated heterocycles. The van der Waals surface area contributed by atoms with E-state index in [2.05, 4.69) is 13.8 Å². The lowest BCUT2D eigenvalue weighted by Crippen LogP contribution is -1.91. The van der Waals surface area contributed by atoms with E-state index in [4.69, 9.17) is 0 Å². The lowest BCUT2D eigenvalue weighted by Gasteiger charge is -1.93. The van der Waals surface area contributed by atoms with Gasteiger partial charge in [-0.15, -0.1) is 0 Å². The Hall–Kier alpha value is 0.0649. The van der Waals surface area contributed by atoms with Crippen LogP contribution in [-0.4, -0.2) is 7.28 Å². The SMILES string of the molecule is CC1BC(C)CC1. The summed E-state index contributed by atoms with van der Waals surface area (Å²) in [6.07, 6.45) is 2.95. The summed E-state index contributed by atoms with van der Waals surface area (Å²) in [6, 6.07) is 0. The van der Waals surface area contributed by atoms with Crippen LogP contribution >= 0.6 is 0 Å². The summed E-state index contributed by atoms with van der Waals surface area (Å²) in [4.78, 5) is 0. The zero-order chi connectivity index (χ0) is 5.28. The Morgan fingerprint density at radius 2 is 1.57 bits per heavy atom. The van der Waals surface area contributed by atoms with Gasteiger partial charge in [0.15, 0.2) is 0 Å². The Labute approximate surface area is 46.5 Å². The molecule has 1 heterocycles.